The zero-order valence-electron chi connectivity index (χ0n) is 29.4. The summed E-state index contributed by atoms with van der Waals surface area (Å²) in [6, 6.07) is 19.3. The minimum Gasteiger partial charge on any atom is -0.491 e. The Morgan fingerprint density at radius 3 is 1.62 bits per heavy atom. The maximum absolute atomic E-state index is 11.7. The van der Waals surface area contributed by atoms with Gasteiger partial charge < -0.3 is 28.8 Å². The summed E-state index contributed by atoms with van der Waals surface area (Å²) in [7, 11) is -0.307. The van der Waals surface area contributed by atoms with Gasteiger partial charge in [-0.15, -0.1) is 0 Å². The molecule has 1 aliphatic rings. The molecule has 0 saturated carbocycles. The highest BCUT2D eigenvalue weighted by Gasteiger charge is 2.51. The van der Waals surface area contributed by atoms with Crippen LogP contribution in [0.15, 0.2) is 99.8 Å². The first-order valence-corrected chi connectivity index (χ1v) is 17.1. The van der Waals surface area contributed by atoms with Crippen molar-refractivity contribution in [2.45, 2.75) is 78.8 Å². The molecule has 4 aromatic heterocycles. The van der Waals surface area contributed by atoms with Crippen LogP contribution in [0.1, 0.15) is 55.4 Å². The highest BCUT2D eigenvalue weighted by molar-refractivity contribution is 9.10. The smallest absolute Gasteiger partial charge is 0.491 e. The predicted molar refractivity (Wildman–Crippen MR) is 198 cm³/mol. The van der Waals surface area contributed by atoms with Gasteiger partial charge in [-0.1, -0.05) is 24.3 Å². The van der Waals surface area contributed by atoms with Crippen molar-refractivity contribution in [3.05, 3.63) is 111 Å². The predicted octanol–water partition coefficient (Wildman–Crippen LogP) is 6.03. The molecule has 2 N–H and O–H groups in total. The van der Waals surface area contributed by atoms with Crippen molar-refractivity contribution in [3.8, 4) is 22.6 Å². The maximum Gasteiger partial charge on any atom is 0.494 e. The van der Waals surface area contributed by atoms with Gasteiger partial charge in [0.2, 0.25) is 0 Å². The van der Waals surface area contributed by atoms with E-state index in [0.29, 0.717) is 11.0 Å². The fourth-order valence-corrected chi connectivity index (χ4v) is 5.37. The Morgan fingerprint density at radius 2 is 1.16 bits per heavy atom. The number of H-pyrrole nitrogens is 2. The Labute approximate surface area is 299 Å². The minimum atomic E-state index is -0.307. The van der Waals surface area contributed by atoms with Gasteiger partial charge >= 0.3 is 7.12 Å². The van der Waals surface area contributed by atoms with Gasteiger partial charge in [-0.3, -0.25) is 9.59 Å². The molecule has 0 aliphatic carbocycles. The molecular formula is C36H42BBrN6O6. The van der Waals surface area contributed by atoms with Crippen LogP contribution in [-0.4, -0.2) is 59.7 Å². The number of hydrogen-bond donors (Lipinski definition) is 2. The van der Waals surface area contributed by atoms with Crippen LogP contribution in [-0.2, 0) is 9.31 Å². The van der Waals surface area contributed by atoms with Crippen molar-refractivity contribution < 1.29 is 18.8 Å². The van der Waals surface area contributed by atoms with Gasteiger partial charge in [-0.05, 0) is 119 Å². The fourth-order valence-electron chi connectivity index (χ4n) is 4.96. The second kappa shape index (κ2) is 15.1. The van der Waals surface area contributed by atoms with Gasteiger partial charge in [-0.25, -0.2) is 9.03 Å². The number of aromatic nitrogens is 6. The first kappa shape index (κ1) is 36.6. The number of nitrogens with zero attached hydrogens (tertiary/aromatic N) is 4. The number of rotatable bonds is 6. The summed E-state index contributed by atoms with van der Waals surface area (Å²) >= 11 is 3.25. The molecule has 12 nitrogen and oxygen atoms in total. The van der Waals surface area contributed by atoms with E-state index in [1.165, 1.54) is 17.2 Å². The molecule has 7 rings (SSSR count). The molecule has 0 atom stereocenters. The molecule has 1 saturated heterocycles. The third kappa shape index (κ3) is 8.73. The topological polar surface area (TPSA) is 137 Å². The molecular weight excluding hydrogens is 703 g/mol. The molecule has 6 aromatic rings. The van der Waals surface area contributed by atoms with E-state index < -0.39 is 0 Å². The third-order valence-corrected chi connectivity index (χ3v) is 8.56. The van der Waals surface area contributed by atoms with Gasteiger partial charge in [0.25, 0.3) is 11.1 Å². The summed E-state index contributed by atoms with van der Waals surface area (Å²) in [5, 5.41) is 7.98. The number of hydrogen-bond acceptors (Lipinski definition) is 8. The number of benzene rings is 2. The standard InChI is InChI=1S/C15H23BO3.C15H15N3O2.C6H4BrN3O/c1-11(2)17-13-9-7-12(8-10-13)16-18-14(3,4)15(5,6)19-16;1-10(2)20-13-5-3-11(4-6-13)12-7-14-15(19)16-9-17-18(14)8-12;7-4-1-5-6(11)8-3-9-10(5)2-4/h7-11H,1-6H3;3-10H,1-2H3,(H,16,17,19);1-3H,(H,8,9,11). The average Bonchev–Trinajstić information content (AvgIpc) is 3.72. The van der Waals surface area contributed by atoms with Gasteiger partial charge in [0.05, 0.1) is 23.4 Å². The summed E-state index contributed by atoms with van der Waals surface area (Å²) in [4.78, 5) is 27.8. The zero-order chi connectivity index (χ0) is 36.2. The first-order valence-electron chi connectivity index (χ1n) is 16.3. The van der Waals surface area contributed by atoms with Crippen LogP contribution < -0.4 is 26.1 Å². The van der Waals surface area contributed by atoms with Crippen LogP contribution in [0.25, 0.3) is 22.2 Å². The zero-order valence-corrected chi connectivity index (χ0v) is 31.0. The highest BCUT2D eigenvalue weighted by Crippen LogP contribution is 2.36. The van der Waals surface area contributed by atoms with E-state index in [4.69, 9.17) is 18.8 Å². The van der Waals surface area contributed by atoms with Crippen molar-refractivity contribution in [2.75, 3.05) is 0 Å². The quantitative estimate of drug-likeness (QED) is 0.197. The lowest BCUT2D eigenvalue weighted by molar-refractivity contribution is 0.00578. The molecule has 0 bridgehead atoms. The van der Waals surface area contributed by atoms with E-state index in [9.17, 15) is 9.59 Å². The normalized spacial score (nSPS) is 14.7. The summed E-state index contributed by atoms with van der Waals surface area (Å²) < 4.78 is 27.2. The van der Waals surface area contributed by atoms with Crippen LogP contribution >= 0.6 is 15.9 Å². The van der Waals surface area contributed by atoms with Crippen molar-refractivity contribution in [1.82, 2.24) is 29.2 Å². The van der Waals surface area contributed by atoms with Crippen molar-refractivity contribution in [1.29, 1.82) is 0 Å². The SMILES string of the molecule is CC(C)Oc1ccc(-c2cc3c(=O)[nH]cnn3c2)cc1.CC(C)Oc1ccc(B2OC(C)(C)C(C)(C)O2)cc1.O=c1[nH]cnn2cc(Br)cc12. The minimum absolute atomic E-state index is 0.134. The Bertz CT molecular complexity index is 2140. The van der Waals surface area contributed by atoms with Gasteiger partial charge in [0.15, 0.2) is 0 Å². The second-order valence-corrected chi connectivity index (χ2v) is 14.2. The monoisotopic (exact) mass is 744 g/mol. The second-order valence-electron chi connectivity index (χ2n) is 13.3. The molecule has 0 unspecified atom stereocenters. The summed E-state index contributed by atoms with van der Waals surface area (Å²) in [5.74, 6) is 1.71. The maximum atomic E-state index is 11.7. The van der Waals surface area contributed by atoms with Crippen LogP contribution in [0.5, 0.6) is 11.5 Å². The molecule has 2 aromatic carbocycles. The molecule has 5 heterocycles. The summed E-state index contributed by atoms with van der Waals surface area (Å²) in [5.41, 5.74) is 3.18. The average molecular weight is 745 g/mol. The molecule has 0 radical (unpaired) electrons. The largest absolute Gasteiger partial charge is 0.494 e. The molecule has 50 heavy (non-hydrogen) atoms. The Hall–Kier alpha value is -4.66. The lowest BCUT2D eigenvalue weighted by Crippen LogP contribution is -2.41. The Morgan fingerprint density at radius 1 is 0.700 bits per heavy atom. The number of aromatic amines is 2. The number of nitrogens with one attached hydrogen (secondary N) is 2. The number of fused-ring (bicyclic) bond motifs is 2. The molecule has 0 spiro atoms. The van der Waals surface area contributed by atoms with E-state index >= 15 is 0 Å². The van der Waals surface area contributed by atoms with E-state index in [1.807, 2.05) is 88.5 Å². The summed E-state index contributed by atoms with van der Waals surface area (Å²) in [6.07, 6.45) is 6.65. The van der Waals surface area contributed by atoms with Gasteiger partial charge in [0.1, 0.15) is 35.2 Å². The molecule has 1 fully saturated rings. The molecule has 1 aliphatic heterocycles. The fraction of sp³-hybridized carbons (Fsp3) is 0.333. The van der Waals surface area contributed by atoms with Crippen LogP contribution in [0.4, 0.5) is 0 Å². The van der Waals surface area contributed by atoms with Crippen molar-refractivity contribution in [2.24, 2.45) is 0 Å². The van der Waals surface area contributed by atoms with E-state index in [-0.39, 0.29) is 41.6 Å². The lowest BCUT2D eigenvalue weighted by atomic mass is 9.79. The van der Waals surface area contributed by atoms with Crippen molar-refractivity contribution >= 4 is 39.5 Å². The number of halogens is 1. The molecule has 0 amide bonds. The van der Waals surface area contributed by atoms with Gasteiger partial charge in [0, 0.05) is 22.4 Å². The van der Waals surface area contributed by atoms with E-state index in [2.05, 4.69) is 63.8 Å². The van der Waals surface area contributed by atoms with Crippen molar-refractivity contribution in [3.63, 3.8) is 0 Å². The highest BCUT2D eigenvalue weighted by atomic mass is 79.9. The molecule has 14 heteroatoms. The Kier molecular flexibility index (Phi) is 11.0. The van der Waals surface area contributed by atoms with Crippen LogP contribution in [0, 0.1) is 0 Å². The summed E-state index contributed by atoms with van der Waals surface area (Å²) in [6.45, 7) is 16.3. The lowest BCUT2D eigenvalue weighted by Gasteiger charge is -2.32. The van der Waals surface area contributed by atoms with Crippen LogP contribution in [0.2, 0.25) is 0 Å². The molecule has 262 valence electrons. The third-order valence-electron chi connectivity index (χ3n) is 8.13. The van der Waals surface area contributed by atoms with Crippen LogP contribution in [0.3, 0.4) is 0 Å². The number of ether oxygens (including phenoxy) is 2. The Balaban J connectivity index is 0.000000152. The first-order chi connectivity index (χ1) is 23.6. The van der Waals surface area contributed by atoms with E-state index in [0.717, 1.165) is 32.6 Å². The van der Waals surface area contributed by atoms with E-state index in [1.54, 1.807) is 16.8 Å². The van der Waals surface area contributed by atoms with Gasteiger partial charge in [-0.2, -0.15) is 10.2 Å².